The second-order valence-corrected chi connectivity index (χ2v) is 7.43. The van der Waals surface area contributed by atoms with E-state index in [1.165, 1.54) is 32.1 Å². The summed E-state index contributed by atoms with van der Waals surface area (Å²) in [5, 5.41) is 4.31. The standard InChI is InChI=1S/C18H18BrClN4/c19-16-10-21-18-17(22-12-6-2-1-3-7-12)23-15(11-24(16)18)13-8-4-5-9-14(13)20/h4-5,8-12H,1-3,6-7H2,(H,22,23). The smallest absolute Gasteiger partial charge is 0.181 e. The van der Waals surface area contributed by atoms with Crippen LogP contribution in [-0.4, -0.2) is 20.4 Å². The Kier molecular flexibility index (Phi) is 4.46. The highest BCUT2D eigenvalue weighted by Gasteiger charge is 2.18. The maximum absolute atomic E-state index is 6.37. The summed E-state index contributed by atoms with van der Waals surface area (Å²) in [5.41, 5.74) is 2.60. The molecule has 0 spiro atoms. The van der Waals surface area contributed by atoms with Crippen LogP contribution in [0.15, 0.2) is 41.3 Å². The highest BCUT2D eigenvalue weighted by Crippen LogP contribution is 2.30. The SMILES string of the molecule is Clc1ccccc1-c1cn2c(Br)cnc2c(NC2CCCCC2)n1. The van der Waals surface area contributed by atoms with Gasteiger partial charge in [-0.2, -0.15) is 0 Å². The number of halogens is 2. The Morgan fingerprint density at radius 1 is 1.17 bits per heavy atom. The van der Waals surface area contributed by atoms with E-state index in [2.05, 4.69) is 26.2 Å². The third kappa shape index (κ3) is 3.03. The minimum Gasteiger partial charge on any atom is -0.364 e. The molecule has 24 heavy (non-hydrogen) atoms. The highest BCUT2D eigenvalue weighted by atomic mass is 79.9. The Labute approximate surface area is 154 Å². The summed E-state index contributed by atoms with van der Waals surface area (Å²) in [4.78, 5) is 9.34. The third-order valence-corrected chi connectivity index (χ3v) is 5.46. The molecule has 2 aromatic heterocycles. The predicted molar refractivity (Wildman–Crippen MR) is 102 cm³/mol. The van der Waals surface area contributed by atoms with Gasteiger partial charge in [-0.25, -0.2) is 9.97 Å². The Balaban J connectivity index is 1.81. The molecule has 1 fully saturated rings. The van der Waals surface area contributed by atoms with E-state index in [1.807, 2.05) is 34.9 Å². The number of benzene rings is 1. The number of rotatable bonds is 3. The van der Waals surface area contributed by atoms with Crippen LogP contribution in [0.2, 0.25) is 5.02 Å². The largest absolute Gasteiger partial charge is 0.364 e. The molecule has 124 valence electrons. The summed E-state index contributed by atoms with van der Waals surface area (Å²) in [7, 11) is 0. The fourth-order valence-corrected chi connectivity index (χ4v) is 3.90. The van der Waals surface area contributed by atoms with Crippen LogP contribution < -0.4 is 5.32 Å². The molecule has 0 aliphatic heterocycles. The second kappa shape index (κ2) is 6.73. The topological polar surface area (TPSA) is 42.2 Å². The summed E-state index contributed by atoms with van der Waals surface area (Å²) < 4.78 is 2.91. The first-order valence-corrected chi connectivity index (χ1v) is 9.44. The number of nitrogens with one attached hydrogen (secondary N) is 1. The normalized spacial score (nSPS) is 15.8. The van der Waals surface area contributed by atoms with Crippen molar-refractivity contribution >= 4 is 39.0 Å². The number of imidazole rings is 1. The van der Waals surface area contributed by atoms with Gasteiger partial charge in [-0.05, 0) is 34.8 Å². The van der Waals surface area contributed by atoms with E-state index in [9.17, 15) is 0 Å². The Bertz CT molecular complexity index is 871. The molecule has 1 aliphatic carbocycles. The number of aromatic nitrogens is 3. The van der Waals surface area contributed by atoms with Crippen molar-refractivity contribution < 1.29 is 0 Å². The van der Waals surface area contributed by atoms with Crippen LogP contribution in [-0.2, 0) is 0 Å². The van der Waals surface area contributed by atoms with Crippen molar-refractivity contribution in [3.05, 3.63) is 46.3 Å². The monoisotopic (exact) mass is 404 g/mol. The molecule has 0 amide bonds. The molecule has 1 aliphatic rings. The third-order valence-electron chi connectivity index (χ3n) is 4.54. The van der Waals surface area contributed by atoms with Crippen LogP contribution in [0.3, 0.4) is 0 Å². The summed E-state index contributed by atoms with van der Waals surface area (Å²) >= 11 is 9.93. The number of nitrogens with zero attached hydrogens (tertiary/aromatic N) is 3. The summed E-state index contributed by atoms with van der Waals surface area (Å²) in [6.07, 6.45) is 10.0. The molecule has 1 N–H and O–H groups in total. The van der Waals surface area contributed by atoms with Gasteiger partial charge in [0.1, 0.15) is 4.60 Å². The maximum atomic E-state index is 6.37. The molecule has 0 unspecified atom stereocenters. The number of hydrogen-bond donors (Lipinski definition) is 1. The van der Waals surface area contributed by atoms with Crippen LogP contribution in [0.4, 0.5) is 5.82 Å². The zero-order valence-corrected chi connectivity index (χ0v) is 15.5. The molecule has 4 rings (SSSR count). The van der Waals surface area contributed by atoms with Gasteiger partial charge in [0, 0.05) is 17.8 Å². The molecule has 1 saturated carbocycles. The first-order chi connectivity index (χ1) is 11.7. The van der Waals surface area contributed by atoms with E-state index in [0.717, 1.165) is 27.3 Å². The van der Waals surface area contributed by atoms with Crippen LogP contribution in [0.25, 0.3) is 16.9 Å². The lowest BCUT2D eigenvalue weighted by Gasteiger charge is -2.23. The lowest BCUT2D eigenvalue weighted by molar-refractivity contribution is 0.462. The van der Waals surface area contributed by atoms with Crippen LogP contribution in [0.5, 0.6) is 0 Å². The first kappa shape index (κ1) is 15.9. The molecule has 6 heteroatoms. The Morgan fingerprint density at radius 3 is 2.75 bits per heavy atom. The van der Waals surface area contributed by atoms with E-state index >= 15 is 0 Å². The van der Waals surface area contributed by atoms with Crippen LogP contribution in [0, 0.1) is 0 Å². The zero-order valence-electron chi connectivity index (χ0n) is 13.2. The Hall–Kier alpha value is -1.59. The van der Waals surface area contributed by atoms with E-state index in [0.29, 0.717) is 11.1 Å². The van der Waals surface area contributed by atoms with Gasteiger partial charge in [0.2, 0.25) is 0 Å². The van der Waals surface area contributed by atoms with Crippen molar-refractivity contribution in [3.8, 4) is 11.3 Å². The molecule has 3 aromatic rings. The van der Waals surface area contributed by atoms with Crippen molar-refractivity contribution in [2.45, 2.75) is 38.1 Å². The summed E-state index contributed by atoms with van der Waals surface area (Å²) in [6.45, 7) is 0. The van der Waals surface area contributed by atoms with Crippen LogP contribution in [0.1, 0.15) is 32.1 Å². The van der Waals surface area contributed by atoms with Crippen molar-refractivity contribution in [3.63, 3.8) is 0 Å². The van der Waals surface area contributed by atoms with Gasteiger partial charge in [0.25, 0.3) is 0 Å². The average Bonchev–Trinajstić information content (AvgIpc) is 2.98. The van der Waals surface area contributed by atoms with E-state index in [1.54, 1.807) is 6.20 Å². The number of anilines is 1. The van der Waals surface area contributed by atoms with Gasteiger partial charge >= 0.3 is 0 Å². The van der Waals surface area contributed by atoms with Gasteiger partial charge in [-0.1, -0.05) is 49.1 Å². The maximum Gasteiger partial charge on any atom is 0.181 e. The highest BCUT2D eigenvalue weighted by molar-refractivity contribution is 9.10. The minimum atomic E-state index is 0.465. The van der Waals surface area contributed by atoms with E-state index < -0.39 is 0 Å². The fraction of sp³-hybridized carbons (Fsp3) is 0.333. The number of hydrogen-bond acceptors (Lipinski definition) is 3. The van der Waals surface area contributed by atoms with Crippen molar-refractivity contribution in [1.29, 1.82) is 0 Å². The Morgan fingerprint density at radius 2 is 1.96 bits per heavy atom. The first-order valence-electron chi connectivity index (χ1n) is 8.27. The lowest BCUT2D eigenvalue weighted by atomic mass is 9.95. The molecular formula is C18H18BrClN4. The molecule has 0 bridgehead atoms. The van der Waals surface area contributed by atoms with Gasteiger partial charge in [-0.3, -0.25) is 4.40 Å². The predicted octanol–water partition coefficient (Wildman–Crippen LogP) is 5.56. The van der Waals surface area contributed by atoms with Gasteiger partial charge in [-0.15, -0.1) is 0 Å². The lowest BCUT2D eigenvalue weighted by Crippen LogP contribution is -2.23. The molecular weight excluding hydrogens is 388 g/mol. The molecule has 4 nitrogen and oxygen atoms in total. The number of fused-ring (bicyclic) bond motifs is 1. The summed E-state index contributed by atoms with van der Waals surface area (Å²) in [6, 6.07) is 8.25. The second-order valence-electron chi connectivity index (χ2n) is 6.21. The van der Waals surface area contributed by atoms with Gasteiger partial charge in [0.05, 0.1) is 16.9 Å². The molecule has 2 heterocycles. The van der Waals surface area contributed by atoms with E-state index in [-0.39, 0.29) is 0 Å². The molecule has 0 atom stereocenters. The molecule has 1 aromatic carbocycles. The fourth-order valence-electron chi connectivity index (χ4n) is 3.30. The van der Waals surface area contributed by atoms with Crippen molar-refractivity contribution in [2.24, 2.45) is 0 Å². The molecule has 0 radical (unpaired) electrons. The van der Waals surface area contributed by atoms with Crippen molar-refractivity contribution in [2.75, 3.05) is 5.32 Å². The van der Waals surface area contributed by atoms with Gasteiger partial charge < -0.3 is 5.32 Å². The van der Waals surface area contributed by atoms with Gasteiger partial charge in [0.15, 0.2) is 11.5 Å². The quantitative estimate of drug-likeness (QED) is 0.620. The zero-order chi connectivity index (χ0) is 16.5. The minimum absolute atomic E-state index is 0.465. The molecule has 0 saturated heterocycles. The van der Waals surface area contributed by atoms with Crippen molar-refractivity contribution in [1.82, 2.24) is 14.4 Å². The van der Waals surface area contributed by atoms with Crippen LogP contribution >= 0.6 is 27.5 Å². The average molecular weight is 406 g/mol. The summed E-state index contributed by atoms with van der Waals surface area (Å²) in [5.74, 6) is 0.824. The van der Waals surface area contributed by atoms with E-state index in [4.69, 9.17) is 16.6 Å².